The number of amides is 1. The molecule has 2 aromatic rings. The van der Waals surface area contributed by atoms with Crippen LogP contribution in [0.1, 0.15) is 38.8 Å². The number of piperidine rings is 1. The summed E-state index contributed by atoms with van der Waals surface area (Å²) in [5, 5.41) is 9.99. The summed E-state index contributed by atoms with van der Waals surface area (Å²) in [7, 11) is 0. The van der Waals surface area contributed by atoms with E-state index in [4.69, 9.17) is 9.52 Å². The van der Waals surface area contributed by atoms with Crippen LogP contribution in [-0.2, 0) is 11.2 Å². The molecule has 1 aliphatic heterocycles. The van der Waals surface area contributed by atoms with Crippen LogP contribution in [0.5, 0.6) is 0 Å². The zero-order chi connectivity index (χ0) is 17.8. The number of thiazole rings is 1. The Bertz CT molecular complexity index is 771. The molecule has 0 spiro atoms. The number of furan rings is 1. The Morgan fingerprint density at radius 3 is 2.80 bits per heavy atom. The van der Waals surface area contributed by atoms with E-state index >= 15 is 0 Å². The monoisotopic (exact) mass is 360 g/mol. The van der Waals surface area contributed by atoms with E-state index in [0.717, 1.165) is 42.9 Å². The van der Waals surface area contributed by atoms with Crippen LogP contribution >= 0.6 is 11.3 Å². The third kappa shape index (κ3) is 4.36. The first-order chi connectivity index (χ1) is 12.0. The third-order valence-corrected chi connectivity index (χ3v) is 5.55. The molecule has 0 saturated carbocycles. The lowest BCUT2D eigenvalue weighted by Crippen LogP contribution is -2.37. The van der Waals surface area contributed by atoms with Gasteiger partial charge in [-0.1, -0.05) is 0 Å². The summed E-state index contributed by atoms with van der Waals surface area (Å²) in [6.45, 7) is 3.17. The van der Waals surface area contributed by atoms with Gasteiger partial charge in [-0.2, -0.15) is 0 Å². The number of hydrogen-bond acceptors (Lipinski definition) is 5. The summed E-state index contributed by atoms with van der Waals surface area (Å²) >= 11 is 1.26. The summed E-state index contributed by atoms with van der Waals surface area (Å²) in [6.07, 6.45) is 9.10. The molecular weight excluding hydrogens is 340 g/mol. The number of hydrogen-bond donors (Lipinski definition) is 1. The van der Waals surface area contributed by atoms with Gasteiger partial charge in [0.05, 0.1) is 23.2 Å². The zero-order valence-corrected chi connectivity index (χ0v) is 14.8. The first-order valence-electron chi connectivity index (χ1n) is 8.21. The molecule has 1 N–H and O–H groups in total. The summed E-state index contributed by atoms with van der Waals surface area (Å²) < 4.78 is 4.97. The first kappa shape index (κ1) is 17.4. The number of carboxylic acids is 1. The van der Waals surface area contributed by atoms with E-state index in [-0.39, 0.29) is 5.91 Å². The maximum Gasteiger partial charge on any atom is 0.347 e. The highest BCUT2D eigenvalue weighted by Crippen LogP contribution is 2.26. The Hall–Kier alpha value is -2.41. The molecular formula is C18H20N2O4S. The standard InChI is InChI=1S/C18H20N2O4S/c1-12-17(18(22)23)25-15(19-12)10-13-4-7-20(8-5-13)16(21)3-2-14-6-9-24-11-14/h2-3,6,9,11,13H,4-5,7-8,10H2,1H3,(H,22,23)/b3-2+. The van der Waals surface area contributed by atoms with Gasteiger partial charge in [0.2, 0.25) is 5.91 Å². The molecule has 3 heterocycles. The van der Waals surface area contributed by atoms with Crippen LogP contribution < -0.4 is 0 Å². The lowest BCUT2D eigenvalue weighted by atomic mass is 9.94. The normalized spacial score (nSPS) is 15.8. The molecule has 132 valence electrons. The number of aromatic nitrogens is 1. The smallest absolute Gasteiger partial charge is 0.347 e. The van der Waals surface area contributed by atoms with Gasteiger partial charge in [-0.25, -0.2) is 9.78 Å². The number of aryl methyl sites for hydroxylation is 1. The van der Waals surface area contributed by atoms with Crippen molar-refractivity contribution in [3.05, 3.63) is 45.8 Å². The number of carbonyl (C=O) groups is 2. The number of rotatable bonds is 5. The molecule has 0 radical (unpaired) electrons. The largest absolute Gasteiger partial charge is 0.477 e. The van der Waals surface area contributed by atoms with E-state index in [0.29, 0.717) is 16.5 Å². The SMILES string of the molecule is Cc1nc(CC2CCN(C(=O)/C=C/c3ccoc3)CC2)sc1C(=O)O. The molecule has 1 fully saturated rings. The summed E-state index contributed by atoms with van der Waals surface area (Å²) in [6, 6.07) is 1.80. The van der Waals surface area contributed by atoms with E-state index in [1.807, 2.05) is 4.90 Å². The average Bonchev–Trinajstić information content (AvgIpc) is 3.23. The fourth-order valence-corrected chi connectivity index (χ4v) is 4.00. The van der Waals surface area contributed by atoms with Crippen molar-refractivity contribution in [2.45, 2.75) is 26.2 Å². The van der Waals surface area contributed by atoms with Crippen LogP contribution in [0.3, 0.4) is 0 Å². The van der Waals surface area contributed by atoms with Crippen molar-refractivity contribution in [2.24, 2.45) is 5.92 Å². The van der Waals surface area contributed by atoms with Gasteiger partial charge >= 0.3 is 5.97 Å². The van der Waals surface area contributed by atoms with Gasteiger partial charge < -0.3 is 14.4 Å². The van der Waals surface area contributed by atoms with Gasteiger partial charge in [0.1, 0.15) is 4.88 Å². The van der Waals surface area contributed by atoms with Crippen LogP contribution in [0, 0.1) is 12.8 Å². The Kier molecular flexibility index (Phi) is 5.33. The molecule has 1 aliphatic rings. The summed E-state index contributed by atoms with van der Waals surface area (Å²) in [4.78, 5) is 29.9. The molecule has 25 heavy (non-hydrogen) atoms. The first-order valence-corrected chi connectivity index (χ1v) is 9.03. The maximum absolute atomic E-state index is 12.2. The fourth-order valence-electron chi connectivity index (χ4n) is 2.99. The second kappa shape index (κ2) is 7.65. The second-order valence-electron chi connectivity index (χ2n) is 6.19. The average molecular weight is 360 g/mol. The number of aromatic carboxylic acids is 1. The molecule has 2 aromatic heterocycles. The van der Waals surface area contributed by atoms with Gasteiger partial charge in [-0.05, 0) is 37.8 Å². The van der Waals surface area contributed by atoms with Crippen molar-refractivity contribution in [3.8, 4) is 0 Å². The lowest BCUT2D eigenvalue weighted by molar-refractivity contribution is -0.127. The van der Waals surface area contributed by atoms with Gasteiger partial charge in [-0.3, -0.25) is 4.79 Å². The van der Waals surface area contributed by atoms with Crippen molar-refractivity contribution in [3.63, 3.8) is 0 Å². The Morgan fingerprint density at radius 1 is 1.44 bits per heavy atom. The van der Waals surface area contributed by atoms with Gasteiger partial charge in [0, 0.05) is 31.1 Å². The second-order valence-corrected chi connectivity index (χ2v) is 7.27. The molecule has 1 saturated heterocycles. The molecule has 0 unspecified atom stereocenters. The van der Waals surface area contributed by atoms with Crippen molar-refractivity contribution in [1.29, 1.82) is 0 Å². The van der Waals surface area contributed by atoms with Gasteiger partial charge in [-0.15, -0.1) is 11.3 Å². The van der Waals surface area contributed by atoms with Crippen molar-refractivity contribution in [2.75, 3.05) is 13.1 Å². The van der Waals surface area contributed by atoms with E-state index in [9.17, 15) is 9.59 Å². The summed E-state index contributed by atoms with van der Waals surface area (Å²) in [5.41, 5.74) is 1.46. The number of carbonyl (C=O) groups excluding carboxylic acids is 1. The molecule has 0 aliphatic carbocycles. The van der Waals surface area contributed by atoms with Crippen LogP contribution in [0.15, 0.2) is 29.1 Å². The van der Waals surface area contributed by atoms with E-state index in [2.05, 4.69) is 4.98 Å². The molecule has 1 amide bonds. The molecule has 0 bridgehead atoms. The van der Waals surface area contributed by atoms with E-state index in [1.54, 1.807) is 37.7 Å². The highest BCUT2D eigenvalue weighted by molar-refractivity contribution is 7.13. The van der Waals surface area contributed by atoms with Crippen LogP contribution in [0.25, 0.3) is 6.08 Å². The molecule has 0 aromatic carbocycles. The molecule has 6 nitrogen and oxygen atoms in total. The summed E-state index contributed by atoms with van der Waals surface area (Å²) in [5.74, 6) is -0.460. The highest BCUT2D eigenvalue weighted by Gasteiger charge is 2.23. The number of likely N-dealkylation sites (tertiary alicyclic amines) is 1. The van der Waals surface area contributed by atoms with E-state index < -0.39 is 5.97 Å². The number of carboxylic acid groups (broad SMARTS) is 1. The Morgan fingerprint density at radius 2 is 2.20 bits per heavy atom. The minimum absolute atomic E-state index is 0.0120. The van der Waals surface area contributed by atoms with Crippen molar-refractivity contribution >= 4 is 29.3 Å². The topological polar surface area (TPSA) is 83.6 Å². The molecule has 3 rings (SSSR count). The molecule has 0 atom stereocenters. The van der Waals surface area contributed by atoms with Gasteiger partial charge in [0.15, 0.2) is 0 Å². The third-order valence-electron chi connectivity index (χ3n) is 4.39. The predicted molar refractivity (Wildman–Crippen MR) is 94.6 cm³/mol. The molecule has 7 heteroatoms. The van der Waals surface area contributed by atoms with Crippen LogP contribution in [-0.4, -0.2) is 40.0 Å². The highest BCUT2D eigenvalue weighted by atomic mass is 32.1. The maximum atomic E-state index is 12.2. The fraction of sp³-hybridized carbons (Fsp3) is 0.389. The number of nitrogens with zero attached hydrogens (tertiary/aromatic N) is 2. The lowest BCUT2D eigenvalue weighted by Gasteiger charge is -2.31. The minimum Gasteiger partial charge on any atom is -0.477 e. The Balaban J connectivity index is 1.51. The van der Waals surface area contributed by atoms with Crippen LogP contribution in [0.4, 0.5) is 0 Å². The van der Waals surface area contributed by atoms with E-state index in [1.165, 1.54) is 11.3 Å². The minimum atomic E-state index is -0.911. The predicted octanol–water partition coefficient (Wildman–Crippen LogP) is 3.24. The van der Waals surface area contributed by atoms with Crippen molar-refractivity contribution in [1.82, 2.24) is 9.88 Å². The zero-order valence-electron chi connectivity index (χ0n) is 14.0. The van der Waals surface area contributed by atoms with Gasteiger partial charge in [0.25, 0.3) is 0 Å². The Labute approximate surface area is 149 Å². The van der Waals surface area contributed by atoms with Crippen LogP contribution in [0.2, 0.25) is 0 Å². The van der Waals surface area contributed by atoms with Crippen molar-refractivity contribution < 1.29 is 19.1 Å². The quantitative estimate of drug-likeness (QED) is 0.828.